The molecule has 3 rings (SSSR count). The van der Waals surface area contributed by atoms with Gasteiger partial charge >= 0.3 is 5.63 Å². The van der Waals surface area contributed by atoms with E-state index in [1.54, 1.807) is 0 Å². The Morgan fingerprint density at radius 3 is 1.90 bits per heavy atom. The summed E-state index contributed by atoms with van der Waals surface area (Å²) in [5.41, 5.74) is 1.96. The van der Waals surface area contributed by atoms with Crippen LogP contribution >= 0.6 is 0 Å². The molecule has 1 aromatic heterocycles. The van der Waals surface area contributed by atoms with Gasteiger partial charge in [0.15, 0.2) is 5.69 Å². The minimum Gasteiger partial charge on any atom is -0.405 e. The number of nitrogens with zero attached hydrogens (tertiary/aromatic N) is 2. The molecule has 0 amide bonds. The second-order valence-electron chi connectivity index (χ2n) is 4.75. The minimum absolute atomic E-state index is 0.331. The van der Waals surface area contributed by atoms with Gasteiger partial charge in [-0.05, 0) is 11.1 Å². The van der Waals surface area contributed by atoms with Crippen LogP contribution in [0.25, 0.3) is 0 Å². The van der Waals surface area contributed by atoms with Gasteiger partial charge in [0, 0.05) is 6.42 Å². The fourth-order valence-electron chi connectivity index (χ4n) is 2.08. The molecule has 0 atom stereocenters. The molecule has 0 N–H and O–H groups in total. The molecule has 0 fully saturated rings. The minimum atomic E-state index is -0.417. The Hall–Kier alpha value is -2.75. The molecule has 104 valence electrons. The average Bonchev–Trinajstić information content (AvgIpc) is 2.52. The zero-order valence-electron chi connectivity index (χ0n) is 11.4. The smallest absolute Gasteiger partial charge is 0.361 e. The second kappa shape index (κ2) is 6.13. The van der Waals surface area contributed by atoms with E-state index >= 15 is 0 Å². The van der Waals surface area contributed by atoms with Gasteiger partial charge in [0.25, 0.3) is 0 Å². The predicted molar refractivity (Wildman–Crippen MR) is 79.1 cm³/mol. The fourth-order valence-corrected chi connectivity index (χ4v) is 2.08. The molecule has 0 aliphatic heterocycles. The maximum Gasteiger partial charge on any atom is 0.361 e. The van der Waals surface area contributed by atoms with E-state index in [2.05, 4.69) is 10.2 Å². The molecule has 4 heteroatoms. The van der Waals surface area contributed by atoms with Crippen LogP contribution in [0.15, 0.2) is 69.9 Å². The number of aromatic nitrogens is 2. The third kappa shape index (κ3) is 3.42. The van der Waals surface area contributed by atoms with Crippen LogP contribution in [0.5, 0.6) is 0 Å². The van der Waals surface area contributed by atoms with E-state index in [9.17, 15) is 4.79 Å². The molecule has 0 spiro atoms. The summed E-state index contributed by atoms with van der Waals surface area (Å²) in [5.74, 6) is 0.336. The van der Waals surface area contributed by atoms with Gasteiger partial charge in [-0.15, -0.1) is 10.2 Å². The molecule has 0 aliphatic rings. The van der Waals surface area contributed by atoms with E-state index in [1.807, 2.05) is 60.7 Å². The largest absolute Gasteiger partial charge is 0.405 e. The molecule has 3 aromatic rings. The van der Waals surface area contributed by atoms with E-state index in [0.29, 0.717) is 24.4 Å². The Kier molecular flexibility index (Phi) is 3.87. The lowest BCUT2D eigenvalue weighted by molar-refractivity contribution is 0.418. The van der Waals surface area contributed by atoms with Crippen LogP contribution in [0.2, 0.25) is 0 Å². The van der Waals surface area contributed by atoms with Crippen LogP contribution in [0, 0.1) is 0 Å². The van der Waals surface area contributed by atoms with Crippen molar-refractivity contribution in [3.8, 4) is 0 Å². The van der Waals surface area contributed by atoms with Crippen LogP contribution in [0.3, 0.4) is 0 Å². The van der Waals surface area contributed by atoms with Gasteiger partial charge < -0.3 is 4.42 Å². The molecule has 0 bridgehead atoms. The van der Waals surface area contributed by atoms with Crippen LogP contribution in [0.1, 0.15) is 22.7 Å². The van der Waals surface area contributed by atoms with Gasteiger partial charge in [-0.25, -0.2) is 4.79 Å². The van der Waals surface area contributed by atoms with Crippen LogP contribution in [-0.4, -0.2) is 10.2 Å². The number of rotatable bonds is 4. The highest BCUT2D eigenvalue weighted by Gasteiger charge is 2.08. The fraction of sp³-hybridized carbons (Fsp3) is 0.118. The Bertz CT molecular complexity index is 768. The molecule has 1 heterocycles. The summed E-state index contributed by atoms with van der Waals surface area (Å²) in [6, 6.07) is 19.4. The molecule has 2 aromatic carbocycles. The SMILES string of the molecule is O=c1oc(Cc2ccccc2)nnc1Cc1ccccc1. The van der Waals surface area contributed by atoms with Crippen molar-refractivity contribution in [1.29, 1.82) is 0 Å². The Balaban J connectivity index is 1.79. The highest BCUT2D eigenvalue weighted by Crippen LogP contribution is 2.06. The first-order chi connectivity index (χ1) is 10.3. The summed E-state index contributed by atoms with van der Waals surface area (Å²) in [4.78, 5) is 12.0. The molecule has 21 heavy (non-hydrogen) atoms. The summed E-state index contributed by atoms with van der Waals surface area (Å²) in [6.45, 7) is 0. The zero-order chi connectivity index (χ0) is 14.5. The normalized spacial score (nSPS) is 10.5. The van der Waals surface area contributed by atoms with Gasteiger partial charge in [-0.2, -0.15) is 0 Å². The van der Waals surface area contributed by atoms with Crippen LogP contribution in [-0.2, 0) is 12.8 Å². The van der Waals surface area contributed by atoms with E-state index in [-0.39, 0.29) is 0 Å². The van der Waals surface area contributed by atoms with E-state index in [1.165, 1.54) is 0 Å². The lowest BCUT2D eigenvalue weighted by Crippen LogP contribution is -2.14. The van der Waals surface area contributed by atoms with E-state index in [4.69, 9.17) is 4.42 Å². The van der Waals surface area contributed by atoms with Gasteiger partial charge in [0.1, 0.15) is 0 Å². The van der Waals surface area contributed by atoms with Crippen molar-refractivity contribution in [3.05, 3.63) is 93.8 Å². The Morgan fingerprint density at radius 2 is 1.33 bits per heavy atom. The monoisotopic (exact) mass is 278 g/mol. The standard InChI is InChI=1S/C17H14N2O2/c20-17-15(11-13-7-3-1-4-8-13)18-19-16(21-17)12-14-9-5-2-6-10-14/h1-10H,11-12H2. The zero-order valence-corrected chi connectivity index (χ0v) is 11.4. The second-order valence-corrected chi connectivity index (χ2v) is 4.75. The number of hydrogen-bond acceptors (Lipinski definition) is 4. The molecule has 4 nitrogen and oxygen atoms in total. The van der Waals surface area contributed by atoms with Gasteiger partial charge in [0.05, 0.1) is 6.42 Å². The lowest BCUT2D eigenvalue weighted by atomic mass is 10.1. The van der Waals surface area contributed by atoms with Crippen molar-refractivity contribution in [1.82, 2.24) is 10.2 Å². The first-order valence-corrected chi connectivity index (χ1v) is 6.75. The number of hydrogen-bond donors (Lipinski definition) is 0. The van der Waals surface area contributed by atoms with Crippen molar-refractivity contribution < 1.29 is 4.42 Å². The maximum absolute atomic E-state index is 12.0. The van der Waals surface area contributed by atoms with Crippen LogP contribution in [0.4, 0.5) is 0 Å². The molecular formula is C17H14N2O2. The molecule has 0 radical (unpaired) electrons. The van der Waals surface area contributed by atoms with Crippen molar-refractivity contribution >= 4 is 0 Å². The van der Waals surface area contributed by atoms with Crippen molar-refractivity contribution in [2.75, 3.05) is 0 Å². The van der Waals surface area contributed by atoms with Gasteiger partial charge in [-0.1, -0.05) is 60.7 Å². The molecule has 0 aliphatic carbocycles. The molecule has 0 saturated heterocycles. The maximum atomic E-state index is 12.0. The van der Waals surface area contributed by atoms with Gasteiger partial charge in [-0.3, -0.25) is 0 Å². The number of benzene rings is 2. The quantitative estimate of drug-likeness (QED) is 0.736. The van der Waals surface area contributed by atoms with Crippen molar-refractivity contribution in [2.45, 2.75) is 12.8 Å². The predicted octanol–water partition coefficient (Wildman–Crippen LogP) is 2.61. The molecule has 0 saturated carbocycles. The van der Waals surface area contributed by atoms with E-state index in [0.717, 1.165) is 11.1 Å². The summed E-state index contributed by atoms with van der Waals surface area (Å²) in [5, 5.41) is 8.03. The summed E-state index contributed by atoms with van der Waals surface area (Å²) in [6.07, 6.45) is 0.899. The molecule has 0 unspecified atom stereocenters. The highest BCUT2D eigenvalue weighted by molar-refractivity contribution is 5.20. The Labute approximate surface area is 122 Å². The first kappa shape index (κ1) is 13.2. The topological polar surface area (TPSA) is 56.0 Å². The average molecular weight is 278 g/mol. The summed E-state index contributed by atoms with van der Waals surface area (Å²) < 4.78 is 5.26. The third-order valence-corrected chi connectivity index (χ3v) is 3.14. The highest BCUT2D eigenvalue weighted by atomic mass is 16.4. The Morgan fingerprint density at radius 1 is 0.762 bits per heavy atom. The van der Waals surface area contributed by atoms with Crippen LogP contribution < -0.4 is 5.63 Å². The summed E-state index contributed by atoms with van der Waals surface area (Å²) >= 11 is 0. The van der Waals surface area contributed by atoms with Crippen molar-refractivity contribution in [3.63, 3.8) is 0 Å². The van der Waals surface area contributed by atoms with Gasteiger partial charge in [0.2, 0.25) is 5.89 Å². The first-order valence-electron chi connectivity index (χ1n) is 6.75. The summed E-state index contributed by atoms with van der Waals surface area (Å²) in [7, 11) is 0. The lowest BCUT2D eigenvalue weighted by Gasteiger charge is -2.01. The third-order valence-electron chi connectivity index (χ3n) is 3.14. The van der Waals surface area contributed by atoms with E-state index < -0.39 is 5.63 Å². The van der Waals surface area contributed by atoms with Crippen molar-refractivity contribution in [2.24, 2.45) is 0 Å². The molecular weight excluding hydrogens is 264 g/mol.